The predicted octanol–water partition coefficient (Wildman–Crippen LogP) is 3.12. The molecule has 0 spiro atoms. The average Bonchev–Trinajstić information content (AvgIpc) is 2.64. The minimum atomic E-state index is -0.276. The van der Waals surface area contributed by atoms with Gasteiger partial charge in [0.25, 0.3) is 0 Å². The van der Waals surface area contributed by atoms with Gasteiger partial charge in [0.2, 0.25) is 5.91 Å². The van der Waals surface area contributed by atoms with Crippen LogP contribution >= 0.6 is 0 Å². The number of rotatable bonds is 5. The number of nitrogens with zero attached hydrogens (tertiary/aromatic N) is 1. The molecule has 116 valence electrons. The van der Waals surface area contributed by atoms with E-state index in [2.05, 4.69) is 57.1 Å². The van der Waals surface area contributed by atoms with Crippen LogP contribution < -0.4 is 10.6 Å². The molecule has 2 rings (SSSR count). The van der Waals surface area contributed by atoms with E-state index >= 15 is 0 Å². The molecule has 1 aliphatic heterocycles. The highest BCUT2D eigenvalue weighted by Crippen LogP contribution is 2.38. The Bertz CT molecular complexity index is 523. The Morgan fingerprint density at radius 1 is 1.19 bits per heavy atom. The van der Waals surface area contributed by atoms with E-state index in [0.717, 1.165) is 11.3 Å². The van der Waals surface area contributed by atoms with Gasteiger partial charge in [-0.25, -0.2) is 0 Å². The third-order valence-corrected chi connectivity index (χ3v) is 3.88. The molecule has 0 bridgehead atoms. The van der Waals surface area contributed by atoms with Gasteiger partial charge < -0.3 is 5.32 Å². The van der Waals surface area contributed by atoms with Gasteiger partial charge in [0.1, 0.15) is 6.04 Å². The van der Waals surface area contributed by atoms with Crippen molar-refractivity contribution in [2.45, 2.75) is 65.3 Å². The van der Waals surface area contributed by atoms with Gasteiger partial charge in [0, 0.05) is 23.3 Å². The van der Waals surface area contributed by atoms with Crippen molar-refractivity contribution in [3.63, 3.8) is 0 Å². The number of carbonyl (C=O) groups excluding carboxylic acids is 1. The van der Waals surface area contributed by atoms with E-state index in [4.69, 9.17) is 0 Å². The fourth-order valence-corrected chi connectivity index (χ4v) is 3.52. The summed E-state index contributed by atoms with van der Waals surface area (Å²) in [5, 5.41) is 6.57. The highest BCUT2D eigenvalue weighted by Gasteiger charge is 2.43. The monoisotopic (exact) mass is 289 g/mol. The van der Waals surface area contributed by atoms with Crippen LogP contribution in [0.15, 0.2) is 24.3 Å². The van der Waals surface area contributed by atoms with Gasteiger partial charge in [-0.2, -0.15) is 0 Å². The molecule has 0 radical (unpaired) electrons. The number of carbonyl (C=O) groups is 1. The van der Waals surface area contributed by atoms with Gasteiger partial charge in [0.05, 0.1) is 5.66 Å². The lowest BCUT2D eigenvalue weighted by molar-refractivity contribution is -0.125. The first-order valence-electron chi connectivity index (χ1n) is 7.70. The summed E-state index contributed by atoms with van der Waals surface area (Å²) >= 11 is 0. The van der Waals surface area contributed by atoms with Crippen molar-refractivity contribution in [3.05, 3.63) is 29.8 Å². The molecule has 0 aliphatic carbocycles. The summed E-state index contributed by atoms with van der Waals surface area (Å²) in [5.41, 5.74) is 1.72. The summed E-state index contributed by atoms with van der Waals surface area (Å²) in [7, 11) is 0. The van der Waals surface area contributed by atoms with Crippen LogP contribution in [-0.2, 0) is 4.79 Å². The lowest BCUT2D eigenvalue weighted by Crippen LogP contribution is -2.60. The normalized spacial score (nSPS) is 18.5. The maximum atomic E-state index is 12.5. The van der Waals surface area contributed by atoms with Crippen LogP contribution in [0.5, 0.6) is 0 Å². The molecule has 1 amide bonds. The Labute approximate surface area is 127 Å². The topological polar surface area (TPSA) is 44.4 Å². The quantitative estimate of drug-likeness (QED) is 0.819. The second-order valence-electron chi connectivity index (χ2n) is 6.84. The summed E-state index contributed by atoms with van der Waals surface area (Å²) in [5.74, 6) is 0.0588. The Morgan fingerprint density at radius 3 is 2.38 bits per heavy atom. The van der Waals surface area contributed by atoms with Crippen molar-refractivity contribution in [2.24, 2.45) is 0 Å². The average molecular weight is 289 g/mol. The van der Waals surface area contributed by atoms with Crippen molar-refractivity contribution < 1.29 is 4.79 Å². The van der Waals surface area contributed by atoms with E-state index in [0.29, 0.717) is 6.04 Å². The smallest absolute Gasteiger partial charge is 0.246 e. The number of fused-ring (bicyclic) bond motifs is 1. The summed E-state index contributed by atoms with van der Waals surface area (Å²) in [6.07, 6.45) is 0. The molecule has 0 saturated heterocycles. The second-order valence-corrected chi connectivity index (χ2v) is 6.84. The van der Waals surface area contributed by atoms with Gasteiger partial charge in [-0.3, -0.25) is 15.0 Å². The molecule has 2 N–H and O–H groups in total. The van der Waals surface area contributed by atoms with Crippen LogP contribution in [0.4, 0.5) is 5.69 Å². The van der Waals surface area contributed by atoms with Gasteiger partial charge in [-0.15, -0.1) is 0 Å². The molecule has 1 aromatic carbocycles. The largest absolute Gasteiger partial charge is 0.324 e. The van der Waals surface area contributed by atoms with Gasteiger partial charge in [-0.1, -0.05) is 18.2 Å². The van der Waals surface area contributed by atoms with Crippen LogP contribution in [0.25, 0.3) is 0 Å². The van der Waals surface area contributed by atoms with Crippen LogP contribution in [0, 0.1) is 0 Å². The van der Waals surface area contributed by atoms with E-state index in [9.17, 15) is 4.79 Å². The SMILES string of the molecule is CC(C)NC(C)(C)N(C(C)C)C1C(=O)Nc2ccccc21. The fourth-order valence-electron chi connectivity index (χ4n) is 3.52. The first-order valence-corrected chi connectivity index (χ1v) is 7.70. The molecule has 0 fully saturated rings. The van der Waals surface area contributed by atoms with E-state index in [1.54, 1.807) is 0 Å². The maximum absolute atomic E-state index is 12.5. The molecule has 1 unspecified atom stereocenters. The molecular formula is C17H27N3O. The first kappa shape index (κ1) is 16.0. The van der Waals surface area contributed by atoms with Crippen molar-refractivity contribution >= 4 is 11.6 Å². The molecular weight excluding hydrogens is 262 g/mol. The highest BCUT2D eigenvalue weighted by atomic mass is 16.2. The standard InChI is InChI=1S/C17H27N3O/c1-11(2)19-17(5,6)20(12(3)4)15-13-9-7-8-10-14(13)18-16(15)21/h7-12,15,19H,1-6H3,(H,18,21). The number of nitrogens with one attached hydrogen (secondary N) is 2. The first-order chi connectivity index (χ1) is 9.74. The van der Waals surface area contributed by atoms with Crippen LogP contribution in [0.3, 0.4) is 0 Å². The molecule has 1 aliphatic rings. The lowest BCUT2D eigenvalue weighted by atomic mass is 10.00. The van der Waals surface area contributed by atoms with Crippen molar-refractivity contribution in [1.29, 1.82) is 0 Å². The van der Waals surface area contributed by atoms with E-state index < -0.39 is 0 Å². The minimum absolute atomic E-state index is 0.0588. The summed E-state index contributed by atoms with van der Waals surface area (Å²) in [6.45, 7) is 12.8. The van der Waals surface area contributed by atoms with Gasteiger partial charge >= 0.3 is 0 Å². The Balaban J connectivity index is 2.42. The van der Waals surface area contributed by atoms with Gasteiger partial charge in [-0.05, 0) is 47.6 Å². The Kier molecular flexibility index (Phi) is 4.40. The molecule has 1 heterocycles. The number of benzene rings is 1. The summed E-state index contributed by atoms with van der Waals surface area (Å²) < 4.78 is 0. The number of amides is 1. The zero-order valence-electron chi connectivity index (χ0n) is 13.9. The zero-order chi connectivity index (χ0) is 15.8. The molecule has 0 aromatic heterocycles. The van der Waals surface area contributed by atoms with Crippen molar-refractivity contribution in [2.75, 3.05) is 5.32 Å². The summed E-state index contributed by atoms with van der Waals surface area (Å²) in [4.78, 5) is 14.8. The minimum Gasteiger partial charge on any atom is -0.324 e. The predicted molar refractivity (Wildman–Crippen MR) is 87.1 cm³/mol. The highest BCUT2D eigenvalue weighted by molar-refractivity contribution is 6.02. The van der Waals surface area contributed by atoms with E-state index in [1.165, 1.54) is 0 Å². The molecule has 4 heteroatoms. The lowest BCUT2D eigenvalue weighted by Gasteiger charge is -2.46. The maximum Gasteiger partial charge on any atom is 0.246 e. The Morgan fingerprint density at radius 2 is 1.81 bits per heavy atom. The molecule has 4 nitrogen and oxygen atoms in total. The number of para-hydroxylation sites is 1. The zero-order valence-corrected chi connectivity index (χ0v) is 13.9. The number of anilines is 1. The number of hydrogen-bond acceptors (Lipinski definition) is 3. The van der Waals surface area contributed by atoms with Gasteiger partial charge in [0.15, 0.2) is 0 Å². The molecule has 1 atom stereocenters. The van der Waals surface area contributed by atoms with Crippen molar-refractivity contribution in [1.82, 2.24) is 10.2 Å². The molecule has 0 saturated carbocycles. The number of hydrogen-bond donors (Lipinski definition) is 2. The summed E-state index contributed by atoms with van der Waals surface area (Å²) in [6, 6.07) is 8.30. The second kappa shape index (κ2) is 5.78. The van der Waals surface area contributed by atoms with E-state index in [-0.39, 0.29) is 23.7 Å². The molecule has 21 heavy (non-hydrogen) atoms. The third kappa shape index (κ3) is 3.11. The van der Waals surface area contributed by atoms with Crippen LogP contribution in [0.1, 0.15) is 53.1 Å². The molecule has 1 aromatic rings. The van der Waals surface area contributed by atoms with Crippen LogP contribution in [-0.4, -0.2) is 28.6 Å². The fraction of sp³-hybridized carbons (Fsp3) is 0.588. The third-order valence-electron chi connectivity index (χ3n) is 3.88. The van der Waals surface area contributed by atoms with E-state index in [1.807, 2.05) is 24.3 Å². The van der Waals surface area contributed by atoms with Crippen LogP contribution in [0.2, 0.25) is 0 Å². The Hall–Kier alpha value is -1.39. The van der Waals surface area contributed by atoms with Crippen molar-refractivity contribution in [3.8, 4) is 0 Å².